The van der Waals surface area contributed by atoms with E-state index in [0.717, 1.165) is 0 Å². The second kappa shape index (κ2) is 5.48. The van der Waals surface area contributed by atoms with Crippen LogP contribution in [0.2, 0.25) is 0 Å². The van der Waals surface area contributed by atoms with Gasteiger partial charge in [0.1, 0.15) is 10.6 Å². The van der Waals surface area contributed by atoms with E-state index in [0.29, 0.717) is 0 Å². The minimum absolute atomic E-state index is 0.00125. The number of nitrogens with one attached hydrogen (secondary N) is 1. The van der Waals surface area contributed by atoms with Crippen molar-refractivity contribution in [2.75, 3.05) is 12.8 Å². The first-order chi connectivity index (χ1) is 9.44. The van der Waals surface area contributed by atoms with Crippen LogP contribution >= 0.6 is 0 Å². The average Bonchev–Trinajstić information content (AvgIpc) is 2.43. The summed E-state index contributed by atoms with van der Waals surface area (Å²) in [5, 5.41) is 0. The Morgan fingerprint density at radius 2 is 1.85 bits per heavy atom. The number of nitrogen functional groups attached to an aromatic ring is 1. The Bertz CT molecular complexity index is 732. The van der Waals surface area contributed by atoms with Crippen molar-refractivity contribution in [2.45, 2.75) is 4.90 Å². The van der Waals surface area contributed by atoms with Gasteiger partial charge in [-0.25, -0.2) is 17.5 Å². The van der Waals surface area contributed by atoms with Crippen LogP contribution in [0.5, 0.6) is 11.5 Å². The van der Waals surface area contributed by atoms with E-state index in [2.05, 4.69) is 4.72 Å². The van der Waals surface area contributed by atoms with Gasteiger partial charge in [-0.1, -0.05) is 12.1 Å². The van der Waals surface area contributed by atoms with E-state index in [9.17, 15) is 12.8 Å². The highest BCUT2D eigenvalue weighted by molar-refractivity contribution is 7.89. The van der Waals surface area contributed by atoms with Crippen LogP contribution in [0.3, 0.4) is 0 Å². The lowest BCUT2D eigenvalue weighted by Gasteiger charge is -2.12. The Hall–Kier alpha value is -2.12. The van der Waals surface area contributed by atoms with E-state index in [-0.39, 0.29) is 22.1 Å². The molecule has 7 heteroatoms. The quantitative estimate of drug-likeness (QED) is 0.847. The summed E-state index contributed by atoms with van der Waals surface area (Å²) in [4.78, 5) is -0.150. The molecule has 2 aromatic carbocycles. The van der Waals surface area contributed by atoms with Crippen LogP contribution in [0.4, 0.5) is 10.1 Å². The Morgan fingerprint density at radius 1 is 1.15 bits per heavy atom. The van der Waals surface area contributed by atoms with Crippen molar-refractivity contribution >= 4 is 15.7 Å². The molecule has 0 heterocycles. The van der Waals surface area contributed by atoms with Gasteiger partial charge in [-0.15, -0.1) is 0 Å². The van der Waals surface area contributed by atoms with Crippen molar-refractivity contribution in [1.82, 2.24) is 4.72 Å². The highest BCUT2D eigenvalue weighted by atomic mass is 32.2. The van der Waals surface area contributed by atoms with Gasteiger partial charge in [-0.3, -0.25) is 0 Å². The minimum Gasteiger partial charge on any atom is -0.453 e. The molecule has 0 saturated carbocycles. The summed E-state index contributed by atoms with van der Waals surface area (Å²) in [5.74, 6) is -0.652. The standard InChI is InChI=1S/C13H13FN2O3S/c1-16-20(17,18)13-8-9(15)6-7-12(13)19-11-5-3-2-4-10(11)14/h2-8,16H,15H2,1H3. The van der Waals surface area contributed by atoms with Crippen LogP contribution < -0.4 is 15.2 Å². The maximum atomic E-state index is 13.5. The van der Waals surface area contributed by atoms with Crippen molar-refractivity contribution in [2.24, 2.45) is 0 Å². The second-order valence-electron chi connectivity index (χ2n) is 3.95. The average molecular weight is 296 g/mol. The molecule has 20 heavy (non-hydrogen) atoms. The van der Waals surface area contributed by atoms with Crippen molar-refractivity contribution in [3.05, 3.63) is 48.3 Å². The molecule has 2 rings (SSSR count). The van der Waals surface area contributed by atoms with Gasteiger partial charge in [0.2, 0.25) is 10.0 Å². The number of para-hydroxylation sites is 1. The number of benzene rings is 2. The Labute approximate surface area is 116 Å². The van der Waals surface area contributed by atoms with Gasteiger partial charge in [-0.2, -0.15) is 0 Å². The van der Waals surface area contributed by atoms with E-state index in [1.807, 2.05) is 0 Å². The van der Waals surface area contributed by atoms with Crippen LogP contribution in [0, 0.1) is 5.82 Å². The van der Waals surface area contributed by atoms with Gasteiger partial charge >= 0.3 is 0 Å². The molecule has 0 fully saturated rings. The number of sulfonamides is 1. The summed E-state index contributed by atoms with van der Waals surface area (Å²) in [6, 6.07) is 9.83. The highest BCUT2D eigenvalue weighted by Gasteiger charge is 2.19. The Balaban J connectivity index is 2.50. The largest absolute Gasteiger partial charge is 0.453 e. The van der Waals surface area contributed by atoms with Crippen LogP contribution in [-0.2, 0) is 10.0 Å². The smallest absolute Gasteiger partial charge is 0.244 e. The van der Waals surface area contributed by atoms with Crippen LogP contribution in [0.1, 0.15) is 0 Å². The molecule has 0 radical (unpaired) electrons. The fourth-order valence-corrected chi connectivity index (χ4v) is 2.46. The molecule has 5 nitrogen and oxygen atoms in total. The normalized spacial score (nSPS) is 11.3. The molecule has 0 saturated heterocycles. The van der Waals surface area contributed by atoms with Gasteiger partial charge in [0.05, 0.1) is 0 Å². The first-order valence-electron chi connectivity index (χ1n) is 5.69. The number of nitrogens with two attached hydrogens (primary N) is 1. The summed E-state index contributed by atoms with van der Waals surface area (Å²) in [5.41, 5.74) is 5.84. The molecule has 0 aromatic heterocycles. The lowest BCUT2D eigenvalue weighted by atomic mass is 10.3. The van der Waals surface area contributed by atoms with Gasteiger partial charge in [-0.05, 0) is 37.4 Å². The third-order valence-corrected chi connectivity index (χ3v) is 4.02. The molecule has 0 aliphatic carbocycles. The fraction of sp³-hybridized carbons (Fsp3) is 0.0769. The zero-order valence-electron chi connectivity index (χ0n) is 10.6. The topological polar surface area (TPSA) is 81.4 Å². The van der Waals surface area contributed by atoms with Crippen molar-refractivity contribution in [1.29, 1.82) is 0 Å². The summed E-state index contributed by atoms with van der Waals surface area (Å²) in [6.07, 6.45) is 0. The van der Waals surface area contributed by atoms with E-state index in [4.69, 9.17) is 10.5 Å². The molecule has 106 valence electrons. The summed E-state index contributed by atoms with van der Waals surface area (Å²) < 4.78 is 44.9. The summed E-state index contributed by atoms with van der Waals surface area (Å²) in [7, 11) is -2.49. The number of ether oxygens (including phenoxy) is 1. The first kappa shape index (κ1) is 14.3. The number of halogens is 1. The maximum absolute atomic E-state index is 13.5. The molecule has 3 N–H and O–H groups in total. The van der Waals surface area contributed by atoms with Crippen molar-refractivity contribution in [3.63, 3.8) is 0 Å². The number of hydrogen-bond donors (Lipinski definition) is 2. The molecule has 0 aliphatic heterocycles. The minimum atomic E-state index is -3.76. The molecule has 0 spiro atoms. The Kier molecular flexibility index (Phi) is 3.91. The molecule has 0 unspecified atom stereocenters. The lowest BCUT2D eigenvalue weighted by molar-refractivity contribution is 0.431. The summed E-state index contributed by atoms with van der Waals surface area (Å²) >= 11 is 0. The highest BCUT2D eigenvalue weighted by Crippen LogP contribution is 2.31. The first-order valence-corrected chi connectivity index (χ1v) is 7.18. The predicted octanol–water partition coefficient (Wildman–Crippen LogP) is 2.11. The van der Waals surface area contributed by atoms with Gasteiger partial charge in [0.25, 0.3) is 0 Å². The van der Waals surface area contributed by atoms with Gasteiger partial charge in [0, 0.05) is 5.69 Å². The van der Waals surface area contributed by atoms with Crippen LogP contribution in [0.15, 0.2) is 47.4 Å². The zero-order valence-corrected chi connectivity index (χ0v) is 11.4. The molecule has 0 bridgehead atoms. The third kappa shape index (κ3) is 2.89. The molecular weight excluding hydrogens is 283 g/mol. The van der Waals surface area contributed by atoms with E-state index in [1.54, 1.807) is 6.07 Å². The molecule has 0 atom stereocenters. The van der Waals surface area contributed by atoms with E-state index < -0.39 is 15.8 Å². The van der Waals surface area contributed by atoms with Crippen LogP contribution in [-0.4, -0.2) is 15.5 Å². The number of anilines is 1. The second-order valence-corrected chi connectivity index (χ2v) is 5.80. The SMILES string of the molecule is CNS(=O)(=O)c1cc(N)ccc1Oc1ccccc1F. The van der Waals surface area contributed by atoms with Crippen molar-refractivity contribution in [3.8, 4) is 11.5 Å². The molecule has 0 aliphatic rings. The molecule has 2 aromatic rings. The van der Waals surface area contributed by atoms with Gasteiger partial charge in [0.15, 0.2) is 11.6 Å². The fourth-order valence-electron chi connectivity index (χ4n) is 1.57. The van der Waals surface area contributed by atoms with Crippen molar-refractivity contribution < 1.29 is 17.5 Å². The maximum Gasteiger partial charge on any atom is 0.244 e. The monoisotopic (exact) mass is 296 g/mol. The van der Waals surface area contributed by atoms with Gasteiger partial charge < -0.3 is 10.5 Å². The third-order valence-electron chi connectivity index (χ3n) is 2.58. The predicted molar refractivity (Wildman–Crippen MR) is 73.6 cm³/mol. The van der Waals surface area contributed by atoms with E-state index >= 15 is 0 Å². The van der Waals surface area contributed by atoms with E-state index in [1.165, 1.54) is 43.4 Å². The Morgan fingerprint density at radius 3 is 2.50 bits per heavy atom. The molecular formula is C13H13FN2O3S. The molecule has 0 amide bonds. The lowest BCUT2D eigenvalue weighted by Crippen LogP contribution is -2.19. The summed E-state index contributed by atoms with van der Waals surface area (Å²) in [6.45, 7) is 0. The zero-order chi connectivity index (χ0) is 14.8. The number of hydrogen-bond acceptors (Lipinski definition) is 4. The number of rotatable bonds is 4. The van der Waals surface area contributed by atoms with Crippen LogP contribution in [0.25, 0.3) is 0 Å².